The van der Waals surface area contributed by atoms with Gasteiger partial charge in [-0.3, -0.25) is 9.80 Å². The van der Waals surface area contributed by atoms with Gasteiger partial charge in [0.05, 0.1) is 31.7 Å². The van der Waals surface area contributed by atoms with Crippen LogP contribution in [0, 0.1) is 5.82 Å². The van der Waals surface area contributed by atoms with E-state index in [2.05, 4.69) is 14.9 Å². The van der Waals surface area contributed by atoms with Gasteiger partial charge in [0.1, 0.15) is 5.82 Å². The summed E-state index contributed by atoms with van der Waals surface area (Å²) in [6, 6.07) is 6.26. The van der Waals surface area contributed by atoms with E-state index < -0.39 is 0 Å². The van der Waals surface area contributed by atoms with E-state index in [4.69, 9.17) is 4.74 Å². The largest absolute Gasteiger partial charge is 0.395 e. The zero-order valence-electron chi connectivity index (χ0n) is 14.4. The predicted molar refractivity (Wildman–Crippen MR) is 93.1 cm³/mol. The van der Waals surface area contributed by atoms with Gasteiger partial charge in [-0.15, -0.1) is 0 Å². The molecule has 1 aliphatic rings. The number of aliphatic hydroxyl groups is 1. The molecule has 3 rings (SSSR count). The van der Waals surface area contributed by atoms with Gasteiger partial charge >= 0.3 is 0 Å². The van der Waals surface area contributed by atoms with Crippen LogP contribution in [0.1, 0.15) is 5.56 Å². The van der Waals surface area contributed by atoms with Gasteiger partial charge in [-0.25, -0.2) is 9.07 Å². The Labute approximate surface area is 147 Å². The van der Waals surface area contributed by atoms with Crippen molar-refractivity contribution < 1.29 is 14.2 Å². The molecular formula is C18H25FN4O2. The molecule has 0 atom stereocenters. The maximum Gasteiger partial charge on any atom is 0.123 e. The molecule has 25 heavy (non-hydrogen) atoms. The third kappa shape index (κ3) is 5.34. The van der Waals surface area contributed by atoms with Crippen molar-refractivity contribution in [1.29, 1.82) is 0 Å². The molecule has 136 valence electrons. The predicted octanol–water partition coefficient (Wildman–Crippen LogP) is 1.14. The number of ether oxygens (including phenoxy) is 1. The molecule has 0 saturated carbocycles. The SMILES string of the molecule is OCCN(CCN1CCOCC1)Cc1cnn(-c2ccc(F)cc2)c1. The minimum absolute atomic E-state index is 0.134. The summed E-state index contributed by atoms with van der Waals surface area (Å²) in [4.78, 5) is 4.61. The highest BCUT2D eigenvalue weighted by atomic mass is 19.1. The number of aliphatic hydroxyl groups excluding tert-OH is 1. The molecule has 1 aliphatic heterocycles. The molecule has 0 unspecified atom stereocenters. The lowest BCUT2D eigenvalue weighted by Crippen LogP contribution is -2.41. The maximum absolute atomic E-state index is 13.0. The van der Waals surface area contributed by atoms with E-state index in [1.54, 1.807) is 16.8 Å². The number of hydrogen-bond acceptors (Lipinski definition) is 5. The van der Waals surface area contributed by atoms with Crippen LogP contribution in [0.4, 0.5) is 4.39 Å². The van der Waals surface area contributed by atoms with E-state index in [0.29, 0.717) is 6.54 Å². The second-order valence-electron chi connectivity index (χ2n) is 6.22. The van der Waals surface area contributed by atoms with Crippen LogP contribution < -0.4 is 0 Å². The summed E-state index contributed by atoms with van der Waals surface area (Å²) >= 11 is 0. The van der Waals surface area contributed by atoms with Crippen LogP contribution in [0.15, 0.2) is 36.7 Å². The van der Waals surface area contributed by atoms with Crippen LogP contribution in [0.5, 0.6) is 0 Å². The number of morpholine rings is 1. The minimum atomic E-state index is -0.256. The number of hydrogen-bond donors (Lipinski definition) is 1. The summed E-state index contributed by atoms with van der Waals surface area (Å²) in [6.45, 7) is 6.88. The van der Waals surface area contributed by atoms with Gasteiger partial charge < -0.3 is 9.84 Å². The molecule has 0 amide bonds. The topological polar surface area (TPSA) is 53.8 Å². The van der Waals surface area contributed by atoms with Crippen molar-refractivity contribution in [3.63, 3.8) is 0 Å². The monoisotopic (exact) mass is 348 g/mol. The lowest BCUT2D eigenvalue weighted by Gasteiger charge is -2.29. The first-order chi connectivity index (χ1) is 12.2. The van der Waals surface area contributed by atoms with Crippen molar-refractivity contribution in [2.45, 2.75) is 6.54 Å². The van der Waals surface area contributed by atoms with Crippen molar-refractivity contribution >= 4 is 0 Å². The molecule has 7 heteroatoms. The van der Waals surface area contributed by atoms with Gasteiger partial charge in [-0.05, 0) is 24.3 Å². The number of halogens is 1. The van der Waals surface area contributed by atoms with E-state index in [9.17, 15) is 9.50 Å². The Morgan fingerprint density at radius 1 is 1.16 bits per heavy atom. The number of nitrogens with zero attached hydrogens (tertiary/aromatic N) is 4. The molecule has 0 bridgehead atoms. The van der Waals surface area contributed by atoms with E-state index in [0.717, 1.165) is 57.2 Å². The minimum Gasteiger partial charge on any atom is -0.395 e. The Morgan fingerprint density at radius 3 is 2.64 bits per heavy atom. The fraction of sp³-hybridized carbons (Fsp3) is 0.500. The normalized spacial score (nSPS) is 15.8. The second kappa shape index (κ2) is 9.05. The van der Waals surface area contributed by atoms with Crippen LogP contribution in [0.3, 0.4) is 0 Å². The molecule has 1 fully saturated rings. The zero-order valence-corrected chi connectivity index (χ0v) is 14.4. The molecule has 0 spiro atoms. The first-order valence-corrected chi connectivity index (χ1v) is 8.67. The van der Waals surface area contributed by atoms with Crippen molar-refractivity contribution in [3.05, 3.63) is 48.0 Å². The quantitative estimate of drug-likeness (QED) is 0.775. The second-order valence-corrected chi connectivity index (χ2v) is 6.22. The van der Waals surface area contributed by atoms with Gasteiger partial charge in [0.2, 0.25) is 0 Å². The summed E-state index contributed by atoms with van der Waals surface area (Å²) in [5.74, 6) is -0.256. The summed E-state index contributed by atoms with van der Waals surface area (Å²) in [7, 11) is 0. The Morgan fingerprint density at radius 2 is 1.92 bits per heavy atom. The third-order valence-electron chi connectivity index (χ3n) is 4.39. The summed E-state index contributed by atoms with van der Waals surface area (Å²) < 4.78 is 20.1. The molecule has 6 nitrogen and oxygen atoms in total. The van der Waals surface area contributed by atoms with E-state index in [1.807, 2.05) is 12.4 Å². The Balaban J connectivity index is 1.57. The molecule has 1 saturated heterocycles. The highest BCUT2D eigenvalue weighted by Crippen LogP contribution is 2.11. The highest BCUT2D eigenvalue weighted by molar-refractivity contribution is 5.31. The maximum atomic E-state index is 13.0. The van der Waals surface area contributed by atoms with Crippen LogP contribution in [0.25, 0.3) is 5.69 Å². The average Bonchev–Trinajstić information content (AvgIpc) is 3.10. The molecular weight excluding hydrogens is 323 g/mol. The Kier molecular flexibility index (Phi) is 6.52. The van der Waals surface area contributed by atoms with Gasteiger partial charge in [-0.2, -0.15) is 5.10 Å². The van der Waals surface area contributed by atoms with Crippen molar-refractivity contribution in [3.8, 4) is 5.69 Å². The lowest BCUT2D eigenvalue weighted by atomic mass is 10.3. The van der Waals surface area contributed by atoms with Crippen LogP contribution in [-0.4, -0.2) is 77.2 Å². The summed E-state index contributed by atoms with van der Waals surface area (Å²) in [5.41, 5.74) is 1.90. The fourth-order valence-electron chi connectivity index (χ4n) is 2.95. The molecule has 1 aromatic heterocycles. The van der Waals surface area contributed by atoms with Crippen molar-refractivity contribution in [1.82, 2.24) is 19.6 Å². The highest BCUT2D eigenvalue weighted by Gasteiger charge is 2.13. The Hall–Kier alpha value is -1.80. The smallest absolute Gasteiger partial charge is 0.123 e. The lowest BCUT2D eigenvalue weighted by molar-refractivity contribution is 0.0320. The van der Waals surface area contributed by atoms with Gasteiger partial charge in [0.15, 0.2) is 0 Å². The molecule has 1 N–H and O–H groups in total. The molecule has 0 aliphatic carbocycles. The van der Waals surface area contributed by atoms with Crippen LogP contribution in [0.2, 0.25) is 0 Å². The van der Waals surface area contributed by atoms with Gasteiger partial charge in [0.25, 0.3) is 0 Å². The molecule has 1 aromatic carbocycles. The molecule has 2 aromatic rings. The number of aromatic nitrogens is 2. The van der Waals surface area contributed by atoms with Gasteiger partial charge in [-0.1, -0.05) is 0 Å². The van der Waals surface area contributed by atoms with Crippen LogP contribution in [-0.2, 0) is 11.3 Å². The molecule has 2 heterocycles. The summed E-state index contributed by atoms with van der Waals surface area (Å²) in [5, 5.41) is 13.7. The standard InChI is InChI=1S/C18H25FN4O2/c19-17-1-3-18(4-2-17)23-15-16(13-20-23)14-22(7-10-24)6-5-21-8-11-25-12-9-21/h1-4,13,15,24H,5-12,14H2. The van der Waals surface area contributed by atoms with Crippen molar-refractivity contribution in [2.24, 2.45) is 0 Å². The first-order valence-electron chi connectivity index (χ1n) is 8.67. The van der Waals surface area contributed by atoms with E-state index in [-0.39, 0.29) is 12.4 Å². The fourth-order valence-corrected chi connectivity index (χ4v) is 2.95. The summed E-state index contributed by atoms with van der Waals surface area (Å²) in [6.07, 6.45) is 3.77. The van der Waals surface area contributed by atoms with E-state index in [1.165, 1.54) is 12.1 Å². The number of rotatable bonds is 8. The van der Waals surface area contributed by atoms with Crippen molar-refractivity contribution in [2.75, 3.05) is 52.5 Å². The zero-order chi connectivity index (χ0) is 17.5. The third-order valence-corrected chi connectivity index (χ3v) is 4.39. The van der Waals surface area contributed by atoms with Gasteiger partial charge in [0, 0.05) is 51.0 Å². The Bertz CT molecular complexity index is 641. The number of benzene rings is 1. The molecule has 0 radical (unpaired) electrons. The van der Waals surface area contributed by atoms with Crippen LogP contribution >= 0.6 is 0 Å². The van der Waals surface area contributed by atoms with E-state index >= 15 is 0 Å². The average molecular weight is 348 g/mol. The first kappa shape index (κ1) is 18.0.